The van der Waals surface area contributed by atoms with Crippen molar-refractivity contribution >= 4 is 11.6 Å². The van der Waals surface area contributed by atoms with Crippen LogP contribution in [-0.4, -0.2) is 31.3 Å². The number of carbonyl (C=O) groups excluding carboxylic acids is 1. The molecule has 5 nitrogen and oxygen atoms in total. The third-order valence-corrected chi connectivity index (χ3v) is 4.29. The molecule has 1 aliphatic heterocycles. The second-order valence-electron chi connectivity index (χ2n) is 6.36. The number of para-hydroxylation sites is 3. The first-order valence-corrected chi connectivity index (χ1v) is 9.08. The zero-order chi connectivity index (χ0) is 18.2. The molecule has 1 fully saturated rings. The van der Waals surface area contributed by atoms with E-state index in [0.717, 1.165) is 25.9 Å². The van der Waals surface area contributed by atoms with Gasteiger partial charge in [-0.2, -0.15) is 0 Å². The predicted octanol–water partition coefficient (Wildman–Crippen LogP) is 4.39. The van der Waals surface area contributed by atoms with Crippen molar-refractivity contribution in [2.45, 2.75) is 38.4 Å². The Balaban J connectivity index is 1.56. The molecule has 0 bridgehead atoms. The normalized spacial score (nSPS) is 18.1. The Morgan fingerprint density at radius 1 is 1.15 bits per heavy atom. The average molecular weight is 355 g/mol. The minimum Gasteiger partial charge on any atom is -0.455 e. The fourth-order valence-electron chi connectivity index (χ4n) is 2.77. The Morgan fingerprint density at radius 3 is 2.69 bits per heavy atom. The van der Waals surface area contributed by atoms with Crippen LogP contribution in [0.4, 0.5) is 5.69 Å². The predicted molar refractivity (Wildman–Crippen MR) is 101 cm³/mol. The topological polar surface area (TPSA) is 56.8 Å². The molecule has 2 atom stereocenters. The van der Waals surface area contributed by atoms with Gasteiger partial charge in [-0.15, -0.1) is 0 Å². The molecule has 138 valence electrons. The van der Waals surface area contributed by atoms with E-state index in [1.807, 2.05) is 54.6 Å². The summed E-state index contributed by atoms with van der Waals surface area (Å²) in [6.45, 7) is 2.97. The van der Waals surface area contributed by atoms with Crippen LogP contribution in [0.3, 0.4) is 0 Å². The minimum absolute atomic E-state index is 0.0905. The summed E-state index contributed by atoms with van der Waals surface area (Å²) in [7, 11) is 0. The molecule has 2 unspecified atom stereocenters. The molecule has 1 amide bonds. The highest BCUT2D eigenvalue weighted by Crippen LogP contribution is 2.29. The average Bonchev–Trinajstić information content (AvgIpc) is 2.69. The van der Waals surface area contributed by atoms with Crippen LogP contribution in [0.2, 0.25) is 0 Å². The summed E-state index contributed by atoms with van der Waals surface area (Å²) in [6.07, 6.45) is 2.77. The van der Waals surface area contributed by atoms with Crippen LogP contribution in [0.5, 0.6) is 11.5 Å². The van der Waals surface area contributed by atoms with Crippen LogP contribution >= 0.6 is 0 Å². The van der Waals surface area contributed by atoms with Gasteiger partial charge in [-0.25, -0.2) is 0 Å². The minimum atomic E-state index is -0.565. The van der Waals surface area contributed by atoms with Crippen LogP contribution in [0, 0.1) is 0 Å². The Hall–Kier alpha value is -2.37. The Labute approximate surface area is 154 Å². The first-order valence-electron chi connectivity index (χ1n) is 9.08. The number of anilines is 1. The van der Waals surface area contributed by atoms with E-state index in [1.54, 1.807) is 6.92 Å². The van der Waals surface area contributed by atoms with E-state index >= 15 is 0 Å². The van der Waals surface area contributed by atoms with Crippen molar-refractivity contribution in [2.24, 2.45) is 0 Å². The highest BCUT2D eigenvalue weighted by atomic mass is 16.5. The number of carbonyl (C=O) groups is 1. The molecular formula is C21H25NO4. The first-order chi connectivity index (χ1) is 12.7. The van der Waals surface area contributed by atoms with Crippen molar-refractivity contribution in [1.29, 1.82) is 0 Å². The summed E-state index contributed by atoms with van der Waals surface area (Å²) in [5, 5.41) is 2.89. The van der Waals surface area contributed by atoms with Crippen LogP contribution in [-0.2, 0) is 14.3 Å². The Bertz CT molecular complexity index is 698. The van der Waals surface area contributed by atoms with Gasteiger partial charge in [0.25, 0.3) is 5.91 Å². The molecule has 0 saturated carbocycles. The second kappa shape index (κ2) is 9.36. The number of rotatable bonds is 7. The molecule has 3 rings (SSSR count). The van der Waals surface area contributed by atoms with Crippen LogP contribution in [0.15, 0.2) is 54.6 Å². The van der Waals surface area contributed by atoms with Gasteiger partial charge in [-0.3, -0.25) is 4.79 Å². The summed E-state index contributed by atoms with van der Waals surface area (Å²) >= 11 is 0. The lowest BCUT2D eigenvalue weighted by Gasteiger charge is -2.24. The number of hydrogen-bond donors (Lipinski definition) is 1. The molecule has 0 aromatic heterocycles. The lowest BCUT2D eigenvalue weighted by Crippen LogP contribution is -2.32. The molecule has 1 aliphatic rings. The van der Waals surface area contributed by atoms with E-state index in [-0.39, 0.29) is 12.0 Å². The lowest BCUT2D eigenvalue weighted by atomic mass is 10.1. The van der Waals surface area contributed by atoms with Gasteiger partial charge in [0, 0.05) is 6.61 Å². The third-order valence-electron chi connectivity index (χ3n) is 4.29. The van der Waals surface area contributed by atoms with Gasteiger partial charge in [0.2, 0.25) is 0 Å². The number of nitrogens with one attached hydrogen (secondary N) is 1. The van der Waals surface area contributed by atoms with Crippen molar-refractivity contribution in [2.75, 3.05) is 18.5 Å². The van der Waals surface area contributed by atoms with Gasteiger partial charge in [-0.1, -0.05) is 30.3 Å². The third kappa shape index (κ3) is 5.31. The van der Waals surface area contributed by atoms with Gasteiger partial charge in [0.1, 0.15) is 11.9 Å². The van der Waals surface area contributed by atoms with Crippen molar-refractivity contribution in [3.8, 4) is 11.5 Å². The van der Waals surface area contributed by atoms with Gasteiger partial charge >= 0.3 is 0 Å². The fourth-order valence-corrected chi connectivity index (χ4v) is 2.77. The monoisotopic (exact) mass is 355 g/mol. The summed E-state index contributed by atoms with van der Waals surface area (Å²) < 4.78 is 17.2. The van der Waals surface area contributed by atoms with Crippen molar-refractivity contribution < 1.29 is 19.0 Å². The van der Waals surface area contributed by atoms with Gasteiger partial charge < -0.3 is 19.5 Å². The molecule has 26 heavy (non-hydrogen) atoms. The fraction of sp³-hybridized carbons (Fsp3) is 0.381. The van der Waals surface area contributed by atoms with Crippen LogP contribution < -0.4 is 10.1 Å². The molecule has 0 radical (unpaired) electrons. The smallest absolute Gasteiger partial charge is 0.253 e. The lowest BCUT2D eigenvalue weighted by molar-refractivity contribution is -0.130. The maximum Gasteiger partial charge on any atom is 0.253 e. The molecule has 0 aliphatic carbocycles. The number of hydrogen-bond acceptors (Lipinski definition) is 4. The highest BCUT2D eigenvalue weighted by Gasteiger charge is 2.20. The molecule has 1 saturated heterocycles. The summed E-state index contributed by atoms with van der Waals surface area (Å²) in [4.78, 5) is 12.5. The molecule has 5 heteroatoms. The zero-order valence-electron chi connectivity index (χ0n) is 15.0. The second-order valence-corrected chi connectivity index (χ2v) is 6.36. The van der Waals surface area contributed by atoms with Crippen LogP contribution in [0.1, 0.15) is 26.2 Å². The summed E-state index contributed by atoms with van der Waals surface area (Å²) in [5.74, 6) is 1.10. The van der Waals surface area contributed by atoms with Crippen molar-refractivity contribution in [3.05, 3.63) is 54.6 Å². The maximum absolute atomic E-state index is 12.5. The number of ether oxygens (including phenoxy) is 3. The maximum atomic E-state index is 12.5. The van der Waals surface area contributed by atoms with Gasteiger partial charge in [0.05, 0.1) is 18.4 Å². The highest BCUT2D eigenvalue weighted by molar-refractivity contribution is 5.95. The first kappa shape index (κ1) is 18.4. The largest absolute Gasteiger partial charge is 0.455 e. The number of amides is 1. The van der Waals surface area contributed by atoms with Crippen molar-refractivity contribution in [1.82, 2.24) is 0 Å². The van der Waals surface area contributed by atoms with E-state index in [0.29, 0.717) is 23.8 Å². The quantitative estimate of drug-likeness (QED) is 0.800. The van der Waals surface area contributed by atoms with E-state index in [2.05, 4.69) is 5.32 Å². The Morgan fingerprint density at radius 2 is 1.92 bits per heavy atom. The molecular weight excluding hydrogens is 330 g/mol. The molecule has 1 N–H and O–H groups in total. The van der Waals surface area contributed by atoms with E-state index in [9.17, 15) is 4.79 Å². The van der Waals surface area contributed by atoms with Gasteiger partial charge in [0.15, 0.2) is 5.75 Å². The zero-order valence-corrected chi connectivity index (χ0v) is 15.0. The van der Waals surface area contributed by atoms with E-state index in [1.165, 1.54) is 0 Å². The van der Waals surface area contributed by atoms with E-state index < -0.39 is 6.10 Å². The Kier molecular flexibility index (Phi) is 6.63. The summed E-state index contributed by atoms with van der Waals surface area (Å²) in [6, 6.07) is 16.8. The standard InChI is InChI=1S/C21H25NO4/c1-16(25-15-18-11-7-8-14-24-18)21(23)22-19-12-5-6-13-20(19)26-17-9-3-2-4-10-17/h2-6,9-10,12-13,16,18H,7-8,11,14-15H2,1H3,(H,22,23). The van der Waals surface area contributed by atoms with Crippen molar-refractivity contribution in [3.63, 3.8) is 0 Å². The molecule has 2 aromatic carbocycles. The van der Waals surface area contributed by atoms with Gasteiger partial charge in [-0.05, 0) is 50.5 Å². The molecule has 0 spiro atoms. The van der Waals surface area contributed by atoms with E-state index in [4.69, 9.17) is 14.2 Å². The number of benzene rings is 2. The molecule has 2 aromatic rings. The summed E-state index contributed by atoms with van der Waals surface area (Å²) in [5.41, 5.74) is 0.616. The van der Waals surface area contributed by atoms with Crippen LogP contribution in [0.25, 0.3) is 0 Å². The SMILES string of the molecule is CC(OCC1CCCCO1)C(=O)Nc1ccccc1Oc1ccccc1. The molecule has 1 heterocycles.